The maximum atomic E-state index is 5.77. The molecule has 0 amide bonds. The molecule has 0 spiro atoms. The standard InChI is InChI=1S/C15H25NOS/c1-15(2)8-6-12(7-9-15)16-10-13-4-5-14(17-13)11-18-3/h4-5,12,16H,6-11H2,1-3H3. The molecule has 0 unspecified atom stereocenters. The largest absolute Gasteiger partial charge is 0.464 e. The van der Waals surface area contributed by atoms with Gasteiger partial charge in [-0.25, -0.2) is 0 Å². The van der Waals surface area contributed by atoms with Crippen molar-refractivity contribution in [3.8, 4) is 0 Å². The minimum absolute atomic E-state index is 0.550. The smallest absolute Gasteiger partial charge is 0.118 e. The molecule has 1 heterocycles. The Morgan fingerprint density at radius 2 is 1.94 bits per heavy atom. The Morgan fingerprint density at radius 3 is 2.61 bits per heavy atom. The normalized spacial score (nSPS) is 20.2. The molecule has 1 aliphatic carbocycles. The molecule has 0 aliphatic heterocycles. The molecule has 0 bridgehead atoms. The van der Waals surface area contributed by atoms with E-state index in [1.165, 1.54) is 25.7 Å². The van der Waals surface area contributed by atoms with Crippen molar-refractivity contribution in [2.45, 2.75) is 57.9 Å². The van der Waals surface area contributed by atoms with E-state index in [2.05, 4.69) is 37.6 Å². The van der Waals surface area contributed by atoms with E-state index in [1.54, 1.807) is 11.8 Å². The second-order valence-electron chi connectivity index (χ2n) is 6.12. The van der Waals surface area contributed by atoms with E-state index in [1.807, 2.05) is 0 Å². The van der Waals surface area contributed by atoms with Crippen LogP contribution >= 0.6 is 11.8 Å². The molecule has 1 fully saturated rings. The van der Waals surface area contributed by atoms with Gasteiger partial charge in [0.1, 0.15) is 11.5 Å². The fourth-order valence-electron chi connectivity index (χ4n) is 2.59. The Hall–Kier alpha value is -0.410. The minimum Gasteiger partial charge on any atom is -0.464 e. The van der Waals surface area contributed by atoms with Crippen LogP contribution in [0.2, 0.25) is 0 Å². The van der Waals surface area contributed by atoms with Crippen molar-refractivity contribution in [1.82, 2.24) is 5.32 Å². The molecule has 2 rings (SSSR count). The number of nitrogens with one attached hydrogen (secondary N) is 1. The van der Waals surface area contributed by atoms with Gasteiger partial charge in [0, 0.05) is 6.04 Å². The van der Waals surface area contributed by atoms with E-state index < -0.39 is 0 Å². The van der Waals surface area contributed by atoms with Gasteiger partial charge in [-0.05, 0) is 49.5 Å². The second-order valence-corrected chi connectivity index (χ2v) is 6.99. The lowest BCUT2D eigenvalue weighted by molar-refractivity contribution is 0.204. The molecule has 3 heteroatoms. The third-order valence-electron chi connectivity index (χ3n) is 3.91. The second kappa shape index (κ2) is 6.16. The summed E-state index contributed by atoms with van der Waals surface area (Å²) in [7, 11) is 0. The first-order valence-electron chi connectivity index (χ1n) is 6.89. The third-order valence-corrected chi connectivity index (χ3v) is 4.48. The monoisotopic (exact) mass is 267 g/mol. The van der Waals surface area contributed by atoms with Crippen LogP contribution in [0.5, 0.6) is 0 Å². The molecule has 0 aromatic carbocycles. The third kappa shape index (κ3) is 4.06. The van der Waals surface area contributed by atoms with Crippen LogP contribution in [-0.2, 0) is 12.3 Å². The fraction of sp³-hybridized carbons (Fsp3) is 0.733. The topological polar surface area (TPSA) is 25.2 Å². The van der Waals surface area contributed by atoms with Gasteiger partial charge in [-0.3, -0.25) is 0 Å². The first-order chi connectivity index (χ1) is 8.59. The van der Waals surface area contributed by atoms with Crippen molar-refractivity contribution < 1.29 is 4.42 Å². The van der Waals surface area contributed by atoms with Gasteiger partial charge in [0.15, 0.2) is 0 Å². The Morgan fingerprint density at radius 1 is 1.28 bits per heavy atom. The van der Waals surface area contributed by atoms with Gasteiger partial charge in [-0.15, -0.1) is 0 Å². The zero-order valence-corrected chi connectivity index (χ0v) is 12.6. The summed E-state index contributed by atoms with van der Waals surface area (Å²) in [5, 5.41) is 3.63. The van der Waals surface area contributed by atoms with E-state index in [0.29, 0.717) is 11.5 Å². The molecule has 102 valence electrons. The molecule has 2 nitrogen and oxygen atoms in total. The van der Waals surface area contributed by atoms with Crippen molar-refractivity contribution in [1.29, 1.82) is 0 Å². The molecular formula is C15H25NOS. The number of hydrogen-bond acceptors (Lipinski definition) is 3. The van der Waals surface area contributed by atoms with Crippen molar-refractivity contribution >= 4 is 11.8 Å². The first-order valence-corrected chi connectivity index (χ1v) is 8.28. The van der Waals surface area contributed by atoms with E-state index >= 15 is 0 Å². The van der Waals surface area contributed by atoms with Gasteiger partial charge < -0.3 is 9.73 Å². The van der Waals surface area contributed by atoms with Crippen LogP contribution in [0, 0.1) is 5.41 Å². The van der Waals surface area contributed by atoms with Crippen LogP contribution in [0.3, 0.4) is 0 Å². The SMILES string of the molecule is CSCc1ccc(CNC2CCC(C)(C)CC2)o1. The molecule has 1 N–H and O–H groups in total. The predicted octanol–water partition coefficient (Wildman–Crippen LogP) is 4.20. The number of furan rings is 1. The summed E-state index contributed by atoms with van der Waals surface area (Å²) in [6.07, 6.45) is 7.36. The maximum absolute atomic E-state index is 5.77. The Kier molecular flexibility index (Phi) is 4.79. The van der Waals surface area contributed by atoms with Gasteiger partial charge in [0.2, 0.25) is 0 Å². The van der Waals surface area contributed by atoms with E-state index in [9.17, 15) is 0 Å². The van der Waals surface area contributed by atoms with Gasteiger partial charge in [-0.1, -0.05) is 13.8 Å². The summed E-state index contributed by atoms with van der Waals surface area (Å²) in [6, 6.07) is 4.87. The van der Waals surface area contributed by atoms with E-state index in [-0.39, 0.29) is 0 Å². The van der Waals surface area contributed by atoms with Crippen molar-refractivity contribution in [2.24, 2.45) is 5.41 Å². The summed E-state index contributed by atoms with van der Waals surface area (Å²) in [5.41, 5.74) is 0.550. The molecule has 1 aliphatic rings. The zero-order chi connectivity index (χ0) is 13.0. The lowest BCUT2D eigenvalue weighted by atomic mass is 9.75. The molecule has 18 heavy (non-hydrogen) atoms. The number of rotatable bonds is 5. The summed E-state index contributed by atoms with van der Waals surface area (Å²) in [5.74, 6) is 3.13. The molecule has 1 aromatic rings. The summed E-state index contributed by atoms with van der Waals surface area (Å²) in [6.45, 7) is 5.63. The molecular weight excluding hydrogens is 242 g/mol. The summed E-state index contributed by atoms with van der Waals surface area (Å²) in [4.78, 5) is 0. The molecule has 1 saturated carbocycles. The van der Waals surface area contributed by atoms with Gasteiger partial charge >= 0.3 is 0 Å². The van der Waals surface area contributed by atoms with Crippen LogP contribution < -0.4 is 5.32 Å². The Bertz CT molecular complexity index is 362. The molecule has 0 radical (unpaired) electrons. The van der Waals surface area contributed by atoms with Gasteiger partial charge in [0.25, 0.3) is 0 Å². The van der Waals surface area contributed by atoms with Crippen LogP contribution in [0.15, 0.2) is 16.5 Å². The van der Waals surface area contributed by atoms with Crippen molar-refractivity contribution in [3.05, 3.63) is 23.7 Å². The Balaban J connectivity index is 1.74. The average Bonchev–Trinajstić information content (AvgIpc) is 2.76. The molecule has 0 saturated heterocycles. The molecule has 0 atom stereocenters. The number of thioether (sulfide) groups is 1. The maximum Gasteiger partial charge on any atom is 0.118 e. The zero-order valence-electron chi connectivity index (χ0n) is 11.8. The highest BCUT2D eigenvalue weighted by molar-refractivity contribution is 7.97. The highest BCUT2D eigenvalue weighted by Gasteiger charge is 2.26. The van der Waals surface area contributed by atoms with Crippen LogP contribution in [0.25, 0.3) is 0 Å². The minimum atomic E-state index is 0.550. The highest BCUT2D eigenvalue weighted by atomic mass is 32.2. The summed E-state index contributed by atoms with van der Waals surface area (Å²) >= 11 is 1.80. The van der Waals surface area contributed by atoms with Gasteiger partial charge in [0.05, 0.1) is 12.3 Å². The van der Waals surface area contributed by atoms with Crippen LogP contribution in [0.1, 0.15) is 51.1 Å². The first kappa shape index (κ1) is 14.0. The van der Waals surface area contributed by atoms with Gasteiger partial charge in [-0.2, -0.15) is 11.8 Å². The van der Waals surface area contributed by atoms with Crippen molar-refractivity contribution in [2.75, 3.05) is 6.26 Å². The Labute approximate surface area is 115 Å². The quantitative estimate of drug-likeness (QED) is 0.865. The van der Waals surface area contributed by atoms with Crippen LogP contribution in [-0.4, -0.2) is 12.3 Å². The highest BCUT2D eigenvalue weighted by Crippen LogP contribution is 2.35. The average molecular weight is 267 g/mol. The predicted molar refractivity (Wildman–Crippen MR) is 78.8 cm³/mol. The van der Waals surface area contributed by atoms with E-state index in [0.717, 1.165) is 23.8 Å². The fourth-order valence-corrected chi connectivity index (χ4v) is 3.03. The lowest BCUT2D eigenvalue weighted by Crippen LogP contribution is -2.35. The lowest BCUT2D eigenvalue weighted by Gasteiger charge is -2.34. The number of hydrogen-bond donors (Lipinski definition) is 1. The molecule has 1 aromatic heterocycles. The van der Waals surface area contributed by atoms with Crippen LogP contribution in [0.4, 0.5) is 0 Å². The van der Waals surface area contributed by atoms with E-state index in [4.69, 9.17) is 4.42 Å². The van der Waals surface area contributed by atoms with Crippen molar-refractivity contribution in [3.63, 3.8) is 0 Å². The summed E-state index contributed by atoms with van der Waals surface area (Å²) < 4.78 is 5.77.